The summed E-state index contributed by atoms with van der Waals surface area (Å²) in [6.45, 7) is 6.15. The van der Waals surface area contributed by atoms with E-state index in [9.17, 15) is 9.18 Å². The van der Waals surface area contributed by atoms with Crippen LogP contribution in [-0.2, 0) is 0 Å². The number of nitrogen functional groups attached to an aromatic ring is 1. The Labute approximate surface area is 122 Å². The van der Waals surface area contributed by atoms with Gasteiger partial charge in [0.05, 0.1) is 16.8 Å². The SMILES string of the molecule is C1CCNC1.Cc1[nH]c2c(C(N)=O)cc(F)c(N)c2c1C. The molecular weight excluding hydrogens is 271 g/mol. The Morgan fingerprint density at radius 3 is 2.38 bits per heavy atom. The number of halogens is 1. The number of aromatic amines is 1. The lowest BCUT2D eigenvalue weighted by atomic mass is 10.1. The minimum Gasteiger partial charge on any atom is -0.396 e. The summed E-state index contributed by atoms with van der Waals surface area (Å²) in [5, 5.41) is 3.76. The summed E-state index contributed by atoms with van der Waals surface area (Å²) in [6, 6.07) is 1.06. The molecule has 114 valence electrons. The summed E-state index contributed by atoms with van der Waals surface area (Å²) in [7, 11) is 0. The first kappa shape index (κ1) is 15.3. The van der Waals surface area contributed by atoms with Crippen LogP contribution in [0, 0.1) is 19.7 Å². The van der Waals surface area contributed by atoms with Crippen molar-refractivity contribution in [3.8, 4) is 0 Å². The van der Waals surface area contributed by atoms with Crippen LogP contribution in [0.5, 0.6) is 0 Å². The minimum absolute atomic E-state index is 0.0434. The number of amides is 1. The summed E-state index contributed by atoms with van der Waals surface area (Å²) < 4.78 is 13.5. The zero-order chi connectivity index (χ0) is 15.6. The van der Waals surface area contributed by atoms with Gasteiger partial charge in [-0.3, -0.25) is 4.79 Å². The molecule has 0 atom stereocenters. The van der Waals surface area contributed by atoms with E-state index in [-0.39, 0.29) is 11.3 Å². The van der Waals surface area contributed by atoms with Gasteiger partial charge < -0.3 is 21.8 Å². The van der Waals surface area contributed by atoms with Crippen molar-refractivity contribution in [2.24, 2.45) is 5.73 Å². The Kier molecular flexibility index (Phi) is 4.47. The van der Waals surface area contributed by atoms with Gasteiger partial charge in [-0.15, -0.1) is 0 Å². The van der Waals surface area contributed by atoms with Crippen LogP contribution in [0.1, 0.15) is 34.5 Å². The smallest absolute Gasteiger partial charge is 0.250 e. The predicted octanol–water partition coefficient (Wildman–Crippen LogP) is 1.97. The van der Waals surface area contributed by atoms with Crippen LogP contribution in [0.15, 0.2) is 6.07 Å². The molecule has 21 heavy (non-hydrogen) atoms. The Morgan fingerprint density at radius 1 is 1.29 bits per heavy atom. The number of carbonyl (C=O) groups excluding carboxylic acids is 1. The molecule has 0 saturated carbocycles. The van der Waals surface area contributed by atoms with E-state index in [0.717, 1.165) is 17.3 Å². The van der Waals surface area contributed by atoms with Crippen LogP contribution < -0.4 is 16.8 Å². The molecule has 6 N–H and O–H groups in total. The highest BCUT2D eigenvalue weighted by Gasteiger charge is 2.17. The zero-order valence-corrected chi connectivity index (χ0v) is 12.3. The summed E-state index contributed by atoms with van der Waals surface area (Å²) >= 11 is 0. The van der Waals surface area contributed by atoms with E-state index < -0.39 is 11.7 Å². The fourth-order valence-corrected chi connectivity index (χ4v) is 2.47. The first-order chi connectivity index (χ1) is 9.93. The van der Waals surface area contributed by atoms with Crippen LogP contribution in [0.3, 0.4) is 0 Å². The highest BCUT2D eigenvalue weighted by Crippen LogP contribution is 2.31. The van der Waals surface area contributed by atoms with Crippen LogP contribution in [0.2, 0.25) is 0 Å². The van der Waals surface area contributed by atoms with E-state index in [2.05, 4.69) is 10.3 Å². The van der Waals surface area contributed by atoms with Crippen LogP contribution >= 0.6 is 0 Å². The maximum Gasteiger partial charge on any atom is 0.250 e. The van der Waals surface area contributed by atoms with Crippen molar-refractivity contribution < 1.29 is 9.18 Å². The summed E-state index contributed by atoms with van der Waals surface area (Å²) in [4.78, 5) is 14.2. The molecule has 6 heteroatoms. The number of carbonyl (C=O) groups is 1. The average molecular weight is 292 g/mol. The van der Waals surface area contributed by atoms with E-state index in [1.807, 2.05) is 13.8 Å². The lowest BCUT2D eigenvalue weighted by molar-refractivity contribution is 0.100. The number of aromatic nitrogens is 1. The van der Waals surface area contributed by atoms with Crippen molar-refractivity contribution >= 4 is 22.5 Å². The topological polar surface area (TPSA) is 96.9 Å². The second-order valence-electron chi connectivity index (χ2n) is 5.27. The Balaban J connectivity index is 0.000000272. The molecule has 1 aliphatic rings. The van der Waals surface area contributed by atoms with E-state index in [1.165, 1.54) is 25.9 Å². The van der Waals surface area contributed by atoms with Crippen molar-refractivity contribution in [1.82, 2.24) is 10.3 Å². The maximum atomic E-state index is 13.5. The molecule has 1 aromatic heterocycles. The van der Waals surface area contributed by atoms with Crippen LogP contribution in [0.4, 0.5) is 10.1 Å². The molecule has 0 aliphatic carbocycles. The Morgan fingerprint density at radius 2 is 1.90 bits per heavy atom. The van der Waals surface area contributed by atoms with E-state index in [1.54, 1.807) is 0 Å². The fraction of sp³-hybridized carbons (Fsp3) is 0.400. The summed E-state index contributed by atoms with van der Waals surface area (Å²) in [5.41, 5.74) is 13.2. The number of rotatable bonds is 1. The number of primary amides is 1. The summed E-state index contributed by atoms with van der Waals surface area (Å²) in [5.74, 6) is -1.30. The highest BCUT2D eigenvalue weighted by molar-refractivity contribution is 6.09. The molecule has 1 fully saturated rings. The number of nitrogens with two attached hydrogens (primary N) is 2. The molecular formula is C15H21FN4O. The lowest BCUT2D eigenvalue weighted by Gasteiger charge is -2.04. The Bertz CT molecular complexity index is 666. The second kappa shape index (κ2) is 6.13. The van der Waals surface area contributed by atoms with Gasteiger partial charge in [0, 0.05) is 11.1 Å². The third-order valence-corrected chi connectivity index (χ3v) is 3.79. The monoisotopic (exact) mass is 292 g/mol. The summed E-state index contributed by atoms with van der Waals surface area (Å²) in [6.07, 6.45) is 2.78. The second-order valence-corrected chi connectivity index (χ2v) is 5.27. The number of hydrogen-bond acceptors (Lipinski definition) is 3. The number of benzene rings is 1. The zero-order valence-electron chi connectivity index (χ0n) is 12.3. The van der Waals surface area contributed by atoms with Crippen molar-refractivity contribution in [2.75, 3.05) is 18.8 Å². The van der Waals surface area contributed by atoms with Crippen molar-refractivity contribution in [3.63, 3.8) is 0 Å². The molecule has 5 nitrogen and oxygen atoms in total. The number of fused-ring (bicyclic) bond motifs is 1. The number of H-pyrrole nitrogens is 1. The van der Waals surface area contributed by atoms with Crippen molar-refractivity contribution in [2.45, 2.75) is 26.7 Å². The minimum atomic E-state index is -0.676. The lowest BCUT2D eigenvalue weighted by Crippen LogP contribution is -2.12. The molecule has 1 aromatic carbocycles. The highest BCUT2D eigenvalue weighted by atomic mass is 19.1. The number of aryl methyl sites for hydroxylation is 2. The normalized spacial score (nSPS) is 14.0. The molecule has 0 unspecified atom stereocenters. The van der Waals surface area contributed by atoms with Gasteiger partial charge in [0.15, 0.2) is 0 Å². The Hall–Kier alpha value is -2.08. The standard InChI is InChI=1S/C11H12FN3O.C4H9N/c1-4-5(2)15-10-6(11(14)16)3-7(12)9(13)8(4)10;1-2-4-5-3-1/h3,15H,13H2,1-2H3,(H2,14,16);5H,1-4H2. The van der Waals surface area contributed by atoms with Gasteiger partial charge >= 0.3 is 0 Å². The number of hydrogen-bond donors (Lipinski definition) is 4. The molecule has 1 aliphatic heterocycles. The quantitative estimate of drug-likeness (QED) is 0.605. The third kappa shape index (κ3) is 3.00. The van der Waals surface area contributed by atoms with E-state index in [4.69, 9.17) is 11.5 Å². The fourth-order valence-electron chi connectivity index (χ4n) is 2.47. The van der Waals surface area contributed by atoms with Crippen molar-refractivity contribution in [1.29, 1.82) is 0 Å². The van der Waals surface area contributed by atoms with Crippen LogP contribution in [0.25, 0.3) is 10.9 Å². The van der Waals surface area contributed by atoms with Gasteiger partial charge in [-0.2, -0.15) is 0 Å². The van der Waals surface area contributed by atoms with Gasteiger partial charge in [0.25, 0.3) is 5.91 Å². The van der Waals surface area contributed by atoms with Crippen LogP contribution in [-0.4, -0.2) is 24.0 Å². The molecule has 1 amide bonds. The third-order valence-electron chi connectivity index (χ3n) is 3.79. The van der Waals surface area contributed by atoms with E-state index in [0.29, 0.717) is 10.9 Å². The number of nitrogens with one attached hydrogen (secondary N) is 2. The molecule has 0 radical (unpaired) electrons. The average Bonchev–Trinajstić information content (AvgIpc) is 3.08. The largest absolute Gasteiger partial charge is 0.396 e. The maximum absolute atomic E-state index is 13.5. The van der Waals surface area contributed by atoms with Gasteiger partial charge in [-0.25, -0.2) is 4.39 Å². The first-order valence-electron chi connectivity index (χ1n) is 7.00. The van der Waals surface area contributed by atoms with Gasteiger partial charge in [-0.1, -0.05) is 0 Å². The predicted molar refractivity (Wildman–Crippen MR) is 82.8 cm³/mol. The molecule has 2 aromatic rings. The van der Waals surface area contributed by atoms with Crippen molar-refractivity contribution in [3.05, 3.63) is 28.7 Å². The van der Waals surface area contributed by atoms with Gasteiger partial charge in [0.1, 0.15) is 5.82 Å². The van der Waals surface area contributed by atoms with E-state index >= 15 is 0 Å². The molecule has 3 rings (SSSR count). The first-order valence-corrected chi connectivity index (χ1v) is 7.00. The molecule has 2 heterocycles. The molecule has 1 saturated heterocycles. The molecule has 0 spiro atoms. The number of anilines is 1. The van der Waals surface area contributed by atoms with Gasteiger partial charge in [-0.05, 0) is 51.4 Å². The molecule has 0 bridgehead atoms. The van der Waals surface area contributed by atoms with Gasteiger partial charge in [0.2, 0.25) is 0 Å².